The third kappa shape index (κ3) is 3.08. The molecule has 6 heteroatoms. The van der Waals surface area contributed by atoms with Crippen molar-refractivity contribution in [3.05, 3.63) is 48.8 Å². The number of hydrogen-bond acceptors (Lipinski definition) is 5. The highest BCUT2D eigenvalue weighted by molar-refractivity contribution is 5.69. The molecule has 0 N–H and O–H groups in total. The van der Waals surface area contributed by atoms with Crippen molar-refractivity contribution in [2.24, 2.45) is 7.05 Å². The smallest absolute Gasteiger partial charge is 0.164 e. The summed E-state index contributed by atoms with van der Waals surface area (Å²) < 4.78 is 13.6. The summed E-state index contributed by atoms with van der Waals surface area (Å²) in [6.07, 6.45) is 8.42. The molecule has 0 atom stereocenters. The van der Waals surface area contributed by atoms with Crippen molar-refractivity contribution in [2.75, 3.05) is 7.11 Å². The lowest BCUT2D eigenvalue weighted by atomic mass is 9.99. The van der Waals surface area contributed by atoms with Crippen LogP contribution in [0.2, 0.25) is 0 Å². The van der Waals surface area contributed by atoms with E-state index in [2.05, 4.69) is 28.8 Å². The van der Waals surface area contributed by atoms with Crippen molar-refractivity contribution < 1.29 is 9.47 Å². The van der Waals surface area contributed by atoms with Gasteiger partial charge in [-0.25, -0.2) is 15.0 Å². The molecular formula is C18H20N4O2. The second kappa shape index (κ2) is 6.70. The maximum Gasteiger partial charge on any atom is 0.164 e. The van der Waals surface area contributed by atoms with Crippen LogP contribution in [0.1, 0.15) is 25.3 Å². The summed E-state index contributed by atoms with van der Waals surface area (Å²) in [4.78, 5) is 12.4. The lowest BCUT2D eigenvalue weighted by Gasteiger charge is -2.18. The Labute approximate surface area is 141 Å². The van der Waals surface area contributed by atoms with E-state index in [1.807, 2.05) is 29.9 Å². The summed E-state index contributed by atoms with van der Waals surface area (Å²) in [5.74, 6) is 3.20. The van der Waals surface area contributed by atoms with Crippen LogP contribution in [0.3, 0.4) is 0 Å². The summed E-state index contributed by atoms with van der Waals surface area (Å²) in [6, 6.07) is 3.97. The molecule has 0 fully saturated rings. The van der Waals surface area contributed by atoms with Gasteiger partial charge >= 0.3 is 0 Å². The third-order valence-electron chi connectivity index (χ3n) is 3.78. The summed E-state index contributed by atoms with van der Waals surface area (Å²) in [7, 11) is 3.61. The van der Waals surface area contributed by atoms with Gasteiger partial charge in [0.1, 0.15) is 23.7 Å². The van der Waals surface area contributed by atoms with Crippen molar-refractivity contribution >= 4 is 0 Å². The van der Waals surface area contributed by atoms with Crippen molar-refractivity contribution in [1.82, 2.24) is 19.5 Å². The molecule has 0 spiro atoms. The van der Waals surface area contributed by atoms with Crippen molar-refractivity contribution in [3.63, 3.8) is 0 Å². The number of benzene rings is 1. The van der Waals surface area contributed by atoms with Gasteiger partial charge in [0.05, 0.1) is 25.1 Å². The zero-order valence-corrected chi connectivity index (χ0v) is 14.2. The summed E-state index contributed by atoms with van der Waals surface area (Å²) in [5.41, 5.74) is 1.93. The topological polar surface area (TPSA) is 62.1 Å². The number of imidazole rings is 1. The van der Waals surface area contributed by atoms with Crippen LogP contribution in [0.25, 0.3) is 11.4 Å². The Morgan fingerprint density at radius 1 is 1.08 bits per heavy atom. The van der Waals surface area contributed by atoms with Gasteiger partial charge in [0.2, 0.25) is 0 Å². The van der Waals surface area contributed by atoms with E-state index in [0.29, 0.717) is 5.75 Å². The van der Waals surface area contributed by atoms with Gasteiger partial charge in [-0.05, 0) is 18.1 Å². The maximum atomic E-state index is 6.03. The number of aromatic nitrogens is 4. The number of nitrogens with zero attached hydrogens (tertiary/aromatic N) is 4. The maximum absolute atomic E-state index is 6.03. The Morgan fingerprint density at radius 3 is 2.42 bits per heavy atom. The van der Waals surface area contributed by atoms with Crippen molar-refractivity contribution in [2.45, 2.75) is 19.8 Å². The Hall–Kier alpha value is -2.89. The Kier molecular flexibility index (Phi) is 4.46. The minimum absolute atomic E-state index is 0.272. The predicted molar refractivity (Wildman–Crippen MR) is 91.4 cm³/mol. The molecule has 3 aromatic rings. The molecule has 0 aliphatic rings. The van der Waals surface area contributed by atoms with Gasteiger partial charge in [-0.15, -0.1) is 0 Å². The molecule has 0 unspecified atom stereocenters. The number of rotatable bonds is 5. The minimum Gasteiger partial charge on any atom is -0.496 e. The van der Waals surface area contributed by atoms with Crippen LogP contribution >= 0.6 is 0 Å². The molecule has 0 amide bonds. The first-order chi connectivity index (χ1) is 11.6. The van der Waals surface area contributed by atoms with E-state index in [-0.39, 0.29) is 5.92 Å². The van der Waals surface area contributed by atoms with Gasteiger partial charge in [-0.3, -0.25) is 0 Å². The Bertz CT molecular complexity index is 828. The number of methoxy groups -OCH3 is 1. The van der Waals surface area contributed by atoms with Crippen LogP contribution in [0.5, 0.6) is 17.2 Å². The molecular weight excluding hydrogens is 304 g/mol. The quantitative estimate of drug-likeness (QED) is 0.714. The predicted octanol–water partition coefficient (Wildman–Crippen LogP) is 3.80. The lowest BCUT2D eigenvalue weighted by molar-refractivity contribution is 0.412. The first-order valence-electron chi connectivity index (χ1n) is 7.72. The summed E-state index contributed by atoms with van der Waals surface area (Å²) in [5, 5.41) is 0. The highest BCUT2D eigenvalue weighted by Gasteiger charge is 2.18. The lowest BCUT2D eigenvalue weighted by Crippen LogP contribution is -2.00. The van der Waals surface area contributed by atoms with Crippen LogP contribution in [-0.4, -0.2) is 26.6 Å². The van der Waals surface area contributed by atoms with Crippen LogP contribution in [0, 0.1) is 0 Å². The van der Waals surface area contributed by atoms with Gasteiger partial charge < -0.3 is 14.0 Å². The van der Waals surface area contributed by atoms with Crippen LogP contribution < -0.4 is 9.47 Å². The number of ether oxygens (including phenoxy) is 2. The second-order valence-corrected chi connectivity index (χ2v) is 5.78. The molecule has 24 heavy (non-hydrogen) atoms. The monoisotopic (exact) mass is 324 g/mol. The third-order valence-corrected chi connectivity index (χ3v) is 3.78. The van der Waals surface area contributed by atoms with E-state index in [1.54, 1.807) is 25.7 Å². The molecule has 0 bridgehead atoms. The SMILES string of the molecule is COc1cc(C(C)C)c(Oc2cncnc2)cc1-c1nccn1C. The number of aryl methyl sites for hydroxylation is 1. The van der Waals surface area contributed by atoms with Gasteiger partial charge in [0.15, 0.2) is 5.75 Å². The van der Waals surface area contributed by atoms with Crippen LogP contribution in [0.4, 0.5) is 0 Å². The highest BCUT2D eigenvalue weighted by Crippen LogP contribution is 2.39. The zero-order valence-electron chi connectivity index (χ0n) is 14.2. The Balaban J connectivity index is 2.13. The van der Waals surface area contributed by atoms with E-state index in [4.69, 9.17) is 9.47 Å². The first kappa shape index (κ1) is 16.0. The van der Waals surface area contributed by atoms with Crippen LogP contribution in [-0.2, 0) is 7.05 Å². The van der Waals surface area contributed by atoms with Gasteiger partial charge in [-0.2, -0.15) is 0 Å². The minimum atomic E-state index is 0.272. The molecule has 0 saturated carbocycles. The summed E-state index contributed by atoms with van der Waals surface area (Å²) in [6.45, 7) is 4.23. The Morgan fingerprint density at radius 2 is 1.83 bits per heavy atom. The summed E-state index contributed by atoms with van der Waals surface area (Å²) >= 11 is 0. The van der Waals surface area contributed by atoms with Crippen molar-refractivity contribution in [3.8, 4) is 28.6 Å². The molecule has 0 aliphatic heterocycles. The van der Waals surface area contributed by atoms with Crippen LogP contribution in [0.15, 0.2) is 43.2 Å². The van der Waals surface area contributed by atoms with Gasteiger partial charge in [0.25, 0.3) is 0 Å². The zero-order chi connectivity index (χ0) is 17.1. The van der Waals surface area contributed by atoms with E-state index >= 15 is 0 Å². The van der Waals surface area contributed by atoms with E-state index in [0.717, 1.165) is 28.5 Å². The van der Waals surface area contributed by atoms with E-state index in [9.17, 15) is 0 Å². The van der Waals surface area contributed by atoms with Gasteiger partial charge in [-0.1, -0.05) is 13.8 Å². The molecule has 6 nitrogen and oxygen atoms in total. The fourth-order valence-electron chi connectivity index (χ4n) is 2.55. The average molecular weight is 324 g/mol. The molecule has 2 heterocycles. The average Bonchev–Trinajstić information content (AvgIpc) is 3.01. The fourth-order valence-corrected chi connectivity index (χ4v) is 2.55. The second-order valence-electron chi connectivity index (χ2n) is 5.78. The first-order valence-corrected chi connectivity index (χ1v) is 7.72. The fraction of sp³-hybridized carbons (Fsp3) is 0.278. The van der Waals surface area contributed by atoms with E-state index < -0.39 is 0 Å². The molecule has 0 saturated heterocycles. The van der Waals surface area contributed by atoms with Crippen molar-refractivity contribution in [1.29, 1.82) is 0 Å². The standard InChI is InChI=1S/C18H20N4O2/c1-12(2)14-7-16(23-4)15(18-21-5-6-22(18)3)8-17(14)24-13-9-19-11-20-10-13/h5-12H,1-4H3. The molecule has 2 aromatic heterocycles. The number of hydrogen-bond donors (Lipinski definition) is 0. The van der Waals surface area contributed by atoms with Gasteiger partial charge in [0, 0.05) is 25.0 Å². The van der Waals surface area contributed by atoms with E-state index in [1.165, 1.54) is 6.33 Å². The normalized spacial score (nSPS) is 10.9. The highest BCUT2D eigenvalue weighted by atomic mass is 16.5. The molecule has 0 aliphatic carbocycles. The molecule has 3 rings (SSSR count). The molecule has 1 aromatic carbocycles. The molecule has 0 radical (unpaired) electrons. The molecule has 124 valence electrons. The largest absolute Gasteiger partial charge is 0.496 e.